The number of rotatable bonds is 2. The van der Waals surface area contributed by atoms with Gasteiger partial charge in [-0.15, -0.1) is 0 Å². The van der Waals surface area contributed by atoms with Crippen LogP contribution in [0.4, 0.5) is 11.5 Å². The van der Waals surface area contributed by atoms with Crippen molar-refractivity contribution in [3.63, 3.8) is 0 Å². The number of nitrogens with zero attached hydrogens (tertiary/aromatic N) is 1. The fourth-order valence-corrected chi connectivity index (χ4v) is 1.63. The molecular weight excluding hydrogens is 232 g/mol. The Morgan fingerprint density at radius 1 is 1.33 bits per heavy atom. The first-order valence-corrected chi connectivity index (χ1v) is 5.33. The van der Waals surface area contributed by atoms with Crippen LogP contribution in [-0.4, -0.2) is 17.1 Å². The van der Waals surface area contributed by atoms with Crippen LogP contribution < -0.4 is 21.8 Å². The molecule has 18 heavy (non-hydrogen) atoms. The van der Waals surface area contributed by atoms with Gasteiger partial charge in [-0.3, -0.25) is 4.79 Å². The van der Waals surface area contributed by atoms with Crippen LogP contribution in [-0.2, 0) is 0 Å². The molecule has 0 saturated heterocycles. The topological polar surface area (TPSA) is 107 Å². The molecule has 0 aliphatic rings. The first-order valence-electron chi connectivity index (χ1n) is 5.33. The molecule has 1 aromatic carbocycles. The molecule has 0 bridgehead atoms. The number of nitrogen functional groups attached to an aromatic ring is 2. The molecule has 6 nitrogen and oxygen atoms in total. The monoisotopic (exact) mass is 246 g/mol. The van der Waals surface area contributed by atoms with Crippen molar-refractivity contribution >= 4 is 11.5 Å². The van der Waals surface area contributed by atoms with E-state index in [4.69, 9.17) is 16.2 Å². The Hall–Kier alpha value is -2.50. The van der Waals surface area contributed by atoms with E-state index in [1.165, 1.54) is 0 Å². The standard InChI is InChI=1S/C12H14N4O2/c1-6-3-4-8(18-2)7(5-6)11-15-10(14)9(13)12(17)16-11/h3-5H,13H2,1-2H3,(H3,14,15,16,17). The Labute approximate surface area is 104 Å². The molecule has 6 heteroatoms. The van der Waals surface area contributed by atoms with Gasteiger partial charge in [0.15, 0.2) is 5.82 Å². The van der Waals surface area contributed by atoms with Crippen molar-refractivity contribution in [1.29, 1.82) is 0 Å². The fourth-order valence-electron chi connectivity index (χ4n) is 1.63. The number of ether oxygens (including phenoxy) is 1. The molecule has 2 aromatic rings. The van der Waals surface area contributed by atoms with Gasteiger partial charge in [0.05, 0.1) is 12.7 Å². The summed E-state index contributed by atoms with van der Waals surface area (Å²) in [7, 11) is 1.55. The van der Waals surface area contributed by atoms with Crippen LogP contribution in [0.1, 0.15) is 5.56 Å². The lowest BCUT2D eigenvalue weighted by Gasteiger charge is -2.09. The van der Waals surface area contributed by atoms with Crippen molar-refractivity contribution in [3.8, 4) is 17.1 Å². The molecule has 1 aromatic heterocycles. The average Bonchev–Trinajstić information content (AvgIpc) is 2.35. The Morgan fingerprint density at radius 3 is 2.67 bits per heavy atom. The number of aromatic nitrogens is 2. The third-order valence-electron chi connectivity index (χ3n) is 2.59. The Balaban J connectivity index is 2.69. The number of benzene rings is 1. The summed E-state index contributed by atoms with van der Waals surface area (Å²) in [4.78, 5) is 18.2. The summed E-state index contributed by atoms with van der Waals surface area (Å²) in [5.74, 6) is 0.956. The van der Waals surface area contributed by atoms with E-state index < -0.39 is 5.56 Å². The molecular formula is C12H14N4O2. The number of hydrogen-bond acceptors (Lipinski definition) is 5. The zero-order valence-electron chi connectivity index (χ0n) is 10.2. The number of aromatic amines is 1. The van der Waals surface area contributed by atoms with Gasteiger partial charge in [-0.05, 0) is 19.1 Å². The van der Waals surface area contributed by atoms with E-state index in [9.17, 15) is 4.79 Å². The maximum absolute atomic E-state index is 11.6. The zero-order chi connectivity index (χ0) is 13.3. The quantitative estimate of drug-likeness (QED) is 0.730. The van der Waals surface area contributed by atoms with E-state index in [1.54, 1.807) is 13.2 Å². The van der Waals surface area contributed by atoms with Gasteiger partial charge in [0.25, 0.3) is 5.56 Å². The number of aryl methyl sites for hydroxylation is 1. The van der Waals surface area contributed by atoms with Gasteiger partial charge in [0.1, 0.15) is 17.3 Å². The SMILES string of the molecule is COc1ccc(C)cc1-c1nc(N)c(N)c(=O)[nH]1. The van der Waals surface area contributed by atoms with E-state index in [-0.39, 0.29) is 11.5 Å². The van der Waals surface area contributed by atoms with E-state index in [2.05, 4.69) is 9.97 Å². The minimum atomic E-state index is -0.457. The first kappa shape index (κ1) is 12.0. The maximum Gasteiger partial charge on any atom is 0.276 e. The van der Waals surface area contributed by atoms with Gasteiger partial charge in [-0.2, -0.15) is 0 Å². The summed E-state index contributed by atoms with van der Waals surface area (Å²) in [6.07, 6.45) is 0. The Bertz CT molecular complexity index is 649. The van der Waals surface area contributed by atoms with Crippen LogP contribution >= 0.6 is 0 Å². The molecule has 0 fully saturated rings. The molecule has 0 unspecified atom stereocenters. The lowest BCUT2D eigenvalue weighted by molar-refractivity contribution is 0.416. The molecule has 0 spiro atoms. The van der Waals surface area contributed by atoms with Gasteiger partial charge >= 0.3 is 0 Å². The predicted octanol–water partition coefficient (Wildman–Crippen LogP) is 0.918. The first-order chi connectivity index (χ1) is 8.52. The largest absolute Gasteiger partial charge is 0.496 e. The number of anilines is 2. The molecule has 2 rings (SSSR count). The van der Waals surface area contributed by atoms with Crippen LogP contribution in [0, 0.1) is 6.92 Å². The summed E-state index contributed by atoms with van der Waals surface area (Å²) in [6, 6.07) is 5.56. The molecule has 5 N–H and O–H groups in total. The molecule has 0 aliphatic carbocycles. The second-order valence-corrected chi connectivity index (χ2v) is 3.92. The highest BCUT2D eigenvalue weighted by Gasteiger charge is 2.11. The van der Waals surface area contributed by atoms with Crippen molar-refractivity contribution in [1.82, 2.24) is 9.97 Å². The number of hydrogen-bond donors (Lipinski definition) is 3. The van der Waals surface area contributed by atoms with Gasteiger partial charge < -0.3 is 21.2 Å². The Morgan fingerprint density at radius 2 is 2.06 bits per heavy atom. The summed E-state index contributed by atoms with van der Waals surface area (Å²) in [6.45, 7) is 1.93. The predicted molar refractivity (Wildman–Crippen MR) is 70.4 cm³/mol. The van der Waals surface area contributed by atoms with Crippen LogP contribution in [0.2, 0.25) is 0 Å². The van der Waals surface area contributed by atoms with Crippen molar-refractivity contribution in [2.45, 2.75) is 6.92 Å². The van der Waals surface area contributed by atoms with E-state index in [0.29, 0.717) is 17.1 Å². The third kappa shape index (κ3) is 2.00. The molecule has 0 aliphatic heterocycles. The minimum absolute atomic E-state index is 0.0114. The third-order valence-corrected chi connectivity index (χ3v) is 2.59. The second-order valence-electron chi connectivity index (χ2n) is 3.92. The van der Waals surface area contributed by atoms with Crippen molar-refractivity contribution in [3.05, 3.63) is 34.1 Å². The van der Waals surface area contributed by atoms with Crippen LogP contribution in [0.5, 0.6) is 5.75 Å². The normalized spacial score (nSPS) is 10.3. The van der Waals surface area contributed by atoms with E-state index >= 15 is 0 Å². The highest BCUT2D eigenvalue weighted by atomic mass is 16.5. The highest BCUT2D eigenvalue weighted by molar-refractivity contribution is 5.68. The summed E-state index contributed by atoms with van der Waals surface area (Å²) in [5, 5.41) is 0. The molecule has 94 valence electrons. The number of nitrogens with one attached hydrogen (secondary N) is 1. The Kier molecular flexibility index (Phi) is 2.93. The summed E-state index contributed by atoms with van der Waals surface area (Å²) < 4.78 is 5.23. The van der Waals surface area contributed by atoms with Gasteiger partial charge in [0, 0.05) is 0 Å². The number of nitrogens with two attached hydrogens (primary N) is 2. The molecule has 0 atom stereocenters. The highest BCUT2D eigenvalue weighted by Crippen LogP contribution is 2.28. The van der Waals surface area contributed by atoms with E-state index in [1.807, 2.05) is 19.1 Å². The molecule has 0 amide bonds. The zero-order valence-corrected chi connectivity index (χ0v) is 10.2. The molecule has 0 radical (unpaired) electrons. The second kappa shape index (κ2) is 4.40. The van der Waals surface area contributed by atoms with E-state index in [0.717, 1.165) is 5.56 Å². The maximum atomic E-state index is 11.6. The van der Waals surface area contributed by atoms with Crippen molar-refractivity contribution < 1.29 is 4.74 Å². The van der Waals surface area contributed by atoms with Crippen molar-refractivity contribution in [2.75, 3.05) is 18.6 Å². The summed E-state index contributed by atoms with van der Waals surface area (Å²) in [5.41, 5.74) is 12.2. The smallest absolute Gasteiger partial charge is 0.276 e. The van der Waals surface area contributed by atoms with Crippen molar-refractivity contribution in [2.24, 2.45) is 0 Å². The van der Waals surface area contributed by atoms with Gasteiger partial charge in [-0.1, -0.05) is 11.6 Å². The summed E-state index contributed by atoms with van der Waals surface area (Å²) >= 11 is 0. The molecule has 0 saturated carbocycles. The number of H-pyrrole nitrogens is 1. The van der Waals surface area contributed by atoms with Crippen LogP contribution in [0.15, 0.2) is 23.0 Å². The lowest BCUT2D eigenvalue weighted by atomic mass is 10.1. The van der Waals surface area contributed by atoms with Gasteiger partial charge in [-0.25, -0.2) is 4.98 Å². The minimum Gasteiger partial charge on any atom is -0.496 e. The van der Waals surface area contributed by atoms with Crippen LogP contribution in [0.3, 0.4) is 0 Å². The van der Waals surface area contributed by atoms with Gasteiger partial charge in [0.2, 0.25) is 0 Å². The molecule has 1 heterocycles. The lowest BCUT2D eigenvalue weighted by Crippen LogP contribution is -2.17. The average molecular weight is 246 g/mol. The fraction of sp³-hybridized carbons (Fsp3) is 0.167. The number of methoxy groups -OCH3 is 1. The van der Waals surface area contributed by atoms with Crippen LogP contribution in [0.25, 0.3) is 11.4 Å².